The van der Waals surface area contributed by atoms with E-state index in [1.807, 2.05) is 6.92 Å². The van der Waals surface area contributed by atoms with E-state index in [-0.39, 0.29) is 32.2 Å². The summed E-state index contributed by atoms with van der Waals surface area (Å²) in [5.41, 5.74) is 1.16. The molecular formula is C18H13Cl2NO4S3. The summed E-state index contributed by atoms with van der Waals surface area (Å²) in [4.78, 5) is 13.9. The second-order valence-corrected chi connectivity index (χ2v) is 9.96. The van der Waals surface area contributed by atoms with Crippen LogP contribution in [0.1, 0.15) is 11.1 Å². The lowest BCUT2D eigenvalue weighted by atomic mass is 10.2. The topological polar surface area (TPSA) is 63.7 Å². The molecule has 0 unspecified atom stereocenters. The average Bonchev–Trinajstić information content (AvgIpc) is 2.85. The van der Waals surface area contributed by atoms with Crippen LogP contribution in [0.15, 0.2) is 46.2 Å². The van der Waals surface area contributed by atoms with Crippen LogP contribution in [0.2, 0.25) is 10.0 Å². The fraction of sp³-hybridized carbons (Fsp3) is 0.111. The van der Waals surface area contributed by atoms with Gasteiger partial charge in [-0.1, -0.05) is 64.9 Å². The predicted molar refractivity (Wildman–Crippen MR) is 116 cm³/mol. The summed E-state index contributed by atoms with van der Waals surface area (Å²) in [7, 11) is -2.58. The molecule has 0 aromatic heterocycles. The monoisotopic (exact) mass is 473 g/mol. The van der Waals surface area contributed by atoms with E-state index in [2.05, 4.69) is 0 Å². The number of likely N-dealkylation sites (N-methyl/N-ethyl adjacent to an activating group) is 1. The molecule has 1 saturated heterocycles. The third kappa shape index (κ3) is 4.36. The molecule has 2 aromatic rings. The van der Waals surface area contributed by atoms with E-state index in [9.17, 15) is 13.2 Å². The van der Waals surface area contributed by atoms with Crippen LogP contribution in [0, 0.1) is 6.92 Å². The number of hydrogen-bond acceptors (Lipinski definition) is 6. The first-order chi connectivity index (χ1) is 13.1. The Morgan fingerprint density at radius 2 is 1.82 bits per heavy atom. The molecule has 3 rings (SSSR count). The van der Waals surface area contributed by atoms with Crippen LogP contribution in [0.5, 0.6) is 5.75 Å². The third-order valence-electron chi connectivity index (χ3n) is 3.81. The fourth-order valence-electron chi connectivity index (χ4n) is 2.32. The molecule has 1 aliphatic heterocycles. The number of thiocarbonyl (C=S) groups is 1. The van der Waals surface area contributed by atoms with Gasteiger partial charge >= 0.3 is 10.1 Å². The highest BCUT2D eigenvalue weighted by atomic mass is 35.5. The maximum absolute atomic E-state index is 12.7. The van der Waals surface area contributed by atoms with Gasteiger partial charge in [0.25, 0.3) is 5.91 Å². The van der Waals surface area contributed by atoms with Gasteiger partial charge in [0.05, 0.1) is 9.93 Å². The van der Waals surface area contributed by atoms with Crippen molar-refractivity contribution in [3.05, 3.63) is 62.5 Å². The van der Waals surface area contributed by atoms with Gasteiger partial charge in [-0.15, -0.1) is 0 Å². The van der Waals surface area contributed by atoms with Crippen LogP contribution < -0.4 is 4.18 Å². The van der Waals surface area contributed by atoms with Gasteiger partial charge in [-0.25, -0.2) is 0 Å². The third-order valence-corrected chi connectivity index (χ3v) is 7.03. The Morgan fingerprint density at radius 1 is 1.18 bits per heavy atom. The molecule has 5 nitrogen and oxygen atoms in total. The Kier molecular flexibility index (Phi) is 6.07. The number of thioether (sulfide) groups is 1. The molecule has 0 radical (unpaired) electrons. The molecule has 0 aliphatic carbocycles. The van der Waals surface area contributed by atoms with Gasteiger partial charge in [0.2, 0.25) is 0 Å². The maximum Gasteiger partial charge on any atom is 0.339 e. The Bertz CT molecular complexity index is 1110. The Labute approximate surface area is 182 Å². The number of nitrogens with zero attached hydrogens (tertiary/aromatic N) is 1. The first kappa shape index (κ1) is 21.1. The Morgan fingerprint density at radius 3 is 2.39 bits per heavy atom. The molecule has 2 aromatic carbocycles. The number of aryl methyl sites for hydroxylation is 1. The number of halogens is 2. The van der Waals surface area contributed by atoms with Crippen molar-refractivity contribution in [1.82, 2.24) is 4.90 Å². The fourth-order valence-corrected chi connectivity index (χ4v) is 5.06. The zero-order valence-electron chi connectivity index (χ0n) is 14.6. The number of benzene rings is 2. The summed E-state index contributed by atoms with van der Waals surface area (Å²) in [5, 5.41) is 0.268. The molecule has 0 bridgehead atoms. The second kappa shape index (κ2) is 8.04. The van der Waals surface area contributed by atoms with Crippen molar-refractivity contribution < 1.29 is 17.4 Å². The number of rotatable bonds is 4. The van der Waals surface area contributed by atoms with E-state index in [0.717, 1.165) is 17.3 Å². The Hall–Kier alpha value is -1.58. The van der Waals surface area contributed by atoms with E-state index in [1.165, 1.54) is 35.2 Å². The van der Waals surface area contributed by atoms with E-state index in [4.69, 9.17) is 39.6 Å². The van der Waals surface area contributed by atoms with Crippen molar-refractivity contribution in [2.45, 2.75) is 11.8 Å². The highest BCUT2D eigenvalue weighted by Crippen LogP contribution is 2.39. The SMILES string of the molecule is Cc1ccc(S(=O)(=O)Oc2c(Cl)cc(Cl)cc2/C=C2/SC(=S)N(C)C2=O)cc1. The average molecular weight is 474 g/mol. The van der Waals surface area contributed by atoms with Crippen LogP contribution in [0.4, 0.5) is 0 Å². The number of carbonyl (C=O) groups is 1. The Balaban J connectivity index is 2.06. The standard InChI is InChI=1S/C18H13Cl2NO4S3/c1-10-3-5-13(6-4-10)28(23,24)25-16-11(7-12(19)9-14(16)20)8-15-17(22)21(2)18(26)27-15/h3-9H,1-2H3/b15-8+. The molecular weight excluding hydrogens is 461 g/mol. The van der Waals surface area contributed by atoms with E-state index in [1.54, 1.807) is 19.2 Å². The van der Waals surface area contributed by atoms with Gasteiger partial charge in [-0.2, -0.15) is 8.42 Å². The van der Waals surface area contributed by atoms with Crippen molar-refractivity contribution >= 4 is 73.6 Å². The van der Waals surface area contributed by atoms with Crippen molar-refractivity contribution in [1.29, 1.82) is 0 Å². The number of hydrogen-bond donors (Lipinski definition) is 0. The van der Waals surface area contributed by atoms with Crippen LogP contribution in [-0.2, 0) is 14.9 Å². The quantitative estimate of drug-likeness (QED) is 0.357. The first-order valence-corrected chi connectivity index (χ1v) is 11.2. The molecule has 0 N–H and O–H groups in total. The van der Waals surface area contributed by atoms with E-state index < -0.39 is 10.1 Å². The van der Waals surface area contributed by atoms with Gasteiger partial charge in [0.15, 0.2) is 5.75 Å². The summed E-state index contributed by atoms with van der Waals surface area (Å²) in [6, 6.07) is 9.04. The van der Waals surface area contributed by atoms with Crippen LogP contribution >= 0.6 is 47.2 Å². The molecule has 1 aliphatic rings. The minimum Gasteiger partial charge on any atom is -0.377 e. The minimum absolute atomic E-state index is 0.00131. The van der Waals surface area contributed by atoms with E-state index >= 15 is 0 Å². The largest absolute Gasteiger partial charge is 0.377 e. The van der Waals surface area contributed by atoms with Gasteiger partial charge < -0.3 is 4.18 Å². The van der Waals surface area contributed by atoms with Crippen molar-refractivity contribution in [3.8, 4) is 5.75 Å². The van der Waals surface area contributed by atoms with Gasteiger partial charge in [-0.3, -0.25) is 9.69 Å². The van der Waals surface area contributed by atoms with Crippen LogP contribution in [0.3, 0.4) is 0 Å². The molecule has 28 heavy (non-hydrogen) atoms. The molecule has 1 fully saturated rings. The highest BCUT2D eigenvalue weighted by molar-refractivity contribution is 8.26. The summed E-state index contributed by atoms with van der Waals surface area (Å²) in [6.45, 7) is 1.84. The number of carbonyl (C=O) groups excluding carboxylic acids is 1. The molecule has 1 amide bonds. The summed E-state index contributed by atoms with van der Waals surface area (Å²) in [6.07, 6.45) is 1.46. The maximum atomic E-state index is 12.7. The predicted octanol–water partition coefficient (Wildman–Crippen LogP) is 4.90. The van der Waals surface area contributed by atoms with Crippen LogP contribution in [-0.4, -0.2) is 30.6 Å². The van der Waals surface area contributed by atoms with Crippen LogP contribution in [0.25, 0.3) is 6.08 Å². The van der Waals surface area contributed by atoms with Crippen molar-refractivity contribution in [2.24, 2.45) is 0 Å². The normalized spacial score (nSPS) is 16.1. The van der Waals surface area contributed by atoms with Crippen molar-refractivity contribution in [2.75, 3.05) is 7.05 Å². The molecule has 10 heteroatoms. The lowest BCUT2D eigenvalue weighted by Gasteiger charge is -2.12. The summed E-state index contributed by atoms with van der Waals surface area (Å²) < 4.78 is 31.0. The van der Waals surface area contributed by atoms with Gasteiger partial charge in [0, 0.05) is 17.6 Å². The van der Waals surface area contributed by atoms with Gasteiger partial charge in [0.1, 0.15) is 9.22 Å². The summed E-state index contributed by atoms with van der Waals surface area (Å²) >= 11 is 18.5. The number of amides is 1. The summed E-state index contributed by atoms with van der Waals surface area (Å²) in [5.74, 6) is -0.425. The van der Waals surface area contributed by atoms with Crippen molar-refractivity contribution in [3.63, 3.8) is 0 Å². The first-order valence-electron chi connectivity index (χ1n) is 7.80. The lowest BCUT2D eigenvalue weighted by molar-refractivity contribution is -0.121. The van der Waals surface area contributed by atoms with Gasteiger partial charge in [-0.05, 0) is 37.3 Å². The molecule has 1 heterocycles. The molecule has 0 saturated carbocycles. The minimum atomic E-state index is -4.14. The zero-order chi connectivity index (χ0) is 20.6. The molecule has 146 valence electrons. The lowest BCUT2D eigenvalue weighted by Crippen LogP contribution is -2.22. The van der Waals surface area contributed by atoms with E-state index in [0.29, 0.717) is 9.23 Å². The highest BCUT2D eigenvalue weighted by Gasteiger charge is 2.30. The molecule has 0 atom stereocenters. The second-order valence-electron chi connectivity index (χ2n) is 5.90. The smallest absolute Gasteiger partial charge is 0.339 e. The molecule has 0 spiro atoms. The zero-order valence-corrected chi connectivity index (χ0v) is 18.6.